The topological polar surface area (TPSA) is 84.1 Å². The average molecular weight is 267 g/mol. The van der Waals surface area contributed by atoms with E-state index in [-0.39, 0.29) is 5.69 Å². The molecule has 0 aromatic carbocycles. The molecule has 19 heavy (non-hydrogen) atoms. The number of aromatic amines is 1. The maximum absolute atomic E-state index is 12.0. The molecule has 106 valence electrons. The second-order valence-electron chi connectivity index (χ2n) is 5.45. The summed E-state index contributed by atoms with van der Waals surface area (Å²) in [7, 11) is 1.28. The van der Waals surface area contributed by atoms with Gasteiger partial charge in [0.25, 0.3) is 5.91 Å². The fraction of sp³-hybridized carbons (Fsp3) is 0.615. The zero-order valence-corrected chi connectivity index (χ0v) is 12.0. The Balaban J connectivity index is 2.73. The summed E-state index contributed by atoms with van der Waals surface area (Å²) in [5.74, 6) is -0.427. The normalized spacial score (nSPS) is 11.5. The van der Waals surface area contributed by atoms with Crippen molar-refractivity contribution in [2.24, 2.45) is 5.92 Å². The van der Waals surface area contributed by atoms with E-state index in [1.807, 2.05) is 0 Å². The molecular weight excluding hydrogens is 246 g/mol. The first-order valence-corrected chi connectivity index (χ1v) is 6.21. The lowest BCUT2D eigenvalue weighted by atomic mass is 10.1. The summed E-state index contributed by atoms with van der Waals surface area (Å²) in [5, 5.41) is 9.36. The Kier molecular flexibility index (Phi) is 4.69. The van der Waals surface area contributed by atoms with Crippen molar-refractivity contribution in [2.45, 2.75) is 39.7 Å². The van der Waals surface area contributed by atoms with Crippen LogP contribution in [0.1, 0.15) is 43.9 Å². The number of esters is 1. The molecule has 1 rings (SSSR count). The van der Waals surface area contributed by atoms with Crippen LogP contribution in [0.3, 0.4) is 0 Å². The number of aromatic nitrogens is 2. The van der Waals surface area contributed by atoms with Crippen molar-refractivity contribution in [3.8, 4) is 0 Å². The van der Waals surface area contributed by atoms with Crippen molar-refractivity contribution in [1.29, 1.82) is 0 Å². The van der Waals surface area contributed by atoms with Crippen LogP contribution in [0.15, 0.2) is 6.07 Å². The van der Waals surface area contributed by atoms with Gasteiger partial charge in [0.15, 0.2) is 0 Å². The van der Waals surface area contributed by atoms with Crippen LogP contribution in [0.5, 0.6) is 0 Å². The van der Waals surface area contributed by atoms with Crippen LogP contribution in [0, 0.1) is 5.92 Å². The molecule has 6 heteroatoms. The highest BCUT2D eigenvalue weighted by atomic mass is 16.5. The quantitative estimate of drug-likeness (QED) is 0.787. The highest BCUT2D eigenvalue weighted by Crippen LogP contribution is 2.09. The third-order valence-corrected chi connectivity index (χ3v) is 2.61. The number of carbonyl (C=O) groups is 2. The predicted octanol–water partition coefficient (Wildman–Crippen LogP) is 1.29. The number of amides is 1. The van der Waals surface area contributed by atoms with E-state index < -0.39 is 17.4 Å². The lowest BCUT2D eigenvalue weighted by molar-refractivity contribution is -0.146. The first-order valence-electron chi connectivity index (χ1n) is 6.21. The summed E-state index contributed by atoms with van der Waals surface area (Å²) in [6.45, 7) is 7.33. The Morgan fingerprint density at radius 3 is 2.63 bits per heavy atom. The van der Waals surface area contributed by atoms with E-state index >= 15 is 0 Å². The van der Waals surface area contributed by atoms with E-state index in [2.05, 4.69) is 34.1 Å². The lowest BCUT2D eigenvalue weighted by Gasteiger charge is -2.22. The first kappa shape index (κ1) is 15.2. The minimum absolute atomic E-state index is 0.271. The molecule has 1 amide bonds. The molecule has 0 saturated heterocycles. The molecule has 0 aliphatic rings. The van der Waals surface area contributed by atoms with Gasteiger partial charge in [-0.1, -0.05) is 13.8 Å². The molecule has 1 aromatic heterocycles. The van der Waals surface area contributed by atoms with Gasteiger partial charge in [-0.15, -0.1) is 0 Å². The van der Waals surface area contributed by atoms with Gasteiger partial charge in [0.2, 0.25) is 0 Å². The molecule has 0 bridgehead atoms. The van der Waals surface area contributed by atoms with Crippen LogP contribution < -0.4 is 5.32 Å². The lowest BCUT2D eigenvalue weighted by Crippen LogP contribution is -2.50. The Bertz CT molecular complexity index is 463. The molecule has 0 spiro atoms. The number of rotatable bonds is 5. The molecule has 0 aliphatic carbocycles. The van der Waals surface area contributed by atoms with Crippen molar-refractivity contribution in [2.75, 3.05) is 7.11 Å². The van der Waals surface area contributed by atoms with E-state index in [1.54, 1.807) is 19.9 Å². The monoisotopic (exact) mass is 267 g/mol. The summed E-state index contributed by atoms with van der Waals surface area (Å²) >= 11 is 0. The summed E-state index contributed by atoms with van der Waals surface area (Å²) in [6.07, 6.45) is 0.820. The molecule has 1 heterocycles. The van der Waals surface area contributed by atoms with Crippen LogP contribution in [0.25, 0.3) is 0 Å². The van der Waals surface area contributed by atoms with Crippen LogP contribution in [0.4, 0.5) is 0 Å². The third-order valence-electron chi connectivity index (χ3n) is 2.61. The molecule has 0 radical (unpaired) electrons. The van der Waals surface area contributed by atoms with Crippen molar-refractivity contribution in [3.63, 3.8) is 0 Å². The van der Waals surface area contributed by atoms with Gasteiger partial charge in [-0.2, -0.15) is 5.10 Å². The Morgan fingerprint density at radius 2 is 2.11 bits per heavy atom. The summed E-state index contributed by atoms with van der Waals surface area (Å²) in [5.41, 5.74) is 0.0897. The van der Waals surface area contributed by atoms with Crippen molar-refractivity contribution in [1.82, 2.24) is 15.5 Å². The van der Waals surface area contributed by atoms with Gasteiger partial charge < -0.3 is 10.1 Å². The number of hydrogen-bond acceptors (Lipinski definition) is 4. The van der Waals surface area contributed by atoms with Crippen molar-refractivity contribution in [3.05, 3.63) is 17.5 Å². The SMILES string of the molecule is COC(=O)C(C)(C)NC(=O)c1cc(CC(C)C)[nH]n1. The van der Waals surface area contributed by atoms with Gasteiger partial charge in [-0.05, 0) is 32.3 Å². The molecule has 2 N–H and O–H groups in total. The minimum atomic E-state index is -1.08. The molecule has 0 fully saturated rings. The summed E-state index contributed by atoms with van der Waals surface area (Å²) in [6, 6.07) is 1.70. The van der Waals surface area contributed by atoms with Gasteiger partial charge in [0.1, 0.15) is 11.2 Å². The second kappa shape index (κ2) is 5.86. The molecule has 6 nitrogen and oxygen atoms in total. The summed E-state index contributed by atoms with van der Waals surface area (Å²) in [4.78, 5) is 23.5. The fourth-order valence-corrected chi connectivity index (χ4v) is 1.68. The maximum Gasteiger partial charge on any atom is 0.330 e. The minimum Gasteiger partial charge on any atom is -0.467 e. The van der Waals surface area contributed by atoms with Gasteiger partial charge in [0.05, 0.1) is 7.11 Å². The second-order valence-corrected chi connectivity index (χ2v) is 5.45. The zero-order chi connectivity index (χ0) is 14.6. The maximum atomic E-state index is 12.0. The number of nitrogens with zero attached hydrogens (tertiary/aromatic N) is 1. The van der Waals surface area contributed by atoms with E-state index in [9.17, 15) is 9.59 Å². The van der Waals surface area contributed by atoms with E-state index in [0.717, 1.165) is 12.1 Å². The van der Waals surface area contributed by atoms with Gasteiger partial charge in [-0.25, -0.2) is 4.79 Å². The Labute approximate surface area is 112 Å². The predicted molar refractivity (Wildman–Crippen MR) is 70.7 cm³/mol. The third kappa shape index (κ3) is 4.08. The first-order chi connectivity index (χ1) is 8.76. The smallest absolute Gasteiger partial charge is 0.330 e. The van der Waals surface area contributed by atoms with Gasteiger partial charge in [-0.3, -0.25) is 9.89 Å². The van der Waals surface area contributed by atoms with Gasteiger partial charge >= 0.3 is 5.97 Å². The number of H-pyrrole nitrogens is 1. The molecule has 0 atom stereocenters. The number of hydrogen-bond donors (Lipinski definition) is 2. The van der Waals surface area contributed by atoms with E-state index in [4.69, 9.17) is 0 Å². The number of methoxy groups -OCH3 is 1. The highest BCUT2D eigenvalue weighted by Gasteiger charge is 2.31. The Morgan fingerprint density at radius 1 is 1.47 bits per heavy atom. The van der Waals surface area contributed by atoms with Crippen molar-refractivity contribution >= 4 is 11.9 Å². The van der Waals surface area contributed by atoms with Crippen LogP contribution in [-0.2, 0) is 16.0 Å². The van der Waals surface area contributed by atoms with Crippen LogP contribution in [-0.4, -0.2) is 34.7 Å². The molecule has 1 aromatic rings. The van der Waals surface area contributed by atoms with Crippen molar-refractivity contribution < 1.29 is 14.3 Å². The molecular formula is C13H21N3O3. The number of nitrogens with one attached hydrogen (secondary N) is 2. The number of carbonyl (C=O) groups excluding carboxylic acids is 2. The van der Waals surface area contributed by atoms with E-state index in [0.29, 0.717) is 5.92 Å². The summed E-state index contributed by atoms with van der Waals surface area (Å²) < 4.78 is 4.63. The average Bonchev–Trinajstić information content (AvgIpc) is 2.74. The largest absolute Gasteiger partial charge is 0.467 e. The number of ether oxygens (including phenoxy) is 1. The van der Waals surface area contributed by atoms with E-state index in [1.165, 1.54) is 7.11 Å². The molecule has 0 unspecified atom stereocenters. The van der Waals surface area contributed by atoms with Gasteiger partial charge in [0, 0.05) is 5.69 Å². The molecule has 0 aliphatic heterocycles. The van der Waals surface area contributed by atoms with Crippen LogP contribution in [0.2, 0.25) is 0 Å². The standard InChI is InChI=1S/C13H21N3O3/c1-8(2)6-9-7-10(16-15-9)11(17)14-13(3,4)12(18)19-5/h7-8H,6H2,1-5H3,(H,14,17)(H,15,16). The Hall–Kier alpha value is -1.85. The zero-order valence-electron chi connectivity index (χ0n) is 12.0. The fourth-order valence-electron chi connectivity index (χ4n) is 1.68. The molecule has 0 saturated carbocycles. The highest BCUT2D eigenvalue weighted by molar-refractivity contribution is 5.96. The van der Waals surface area contributed by atoms with Crippen LogP contribution >= 0.6 is 0 Å².